The van der Waals surface area contributed by atoms with E-state index in [4.69, 9.17) is 9.84 Å². The fourth-order valence-electron chi connectivity index (χ4n) is 2.58. The predicted molar refractivity (Wildman–Crippen MR) is 121 cm³/mol. The van der Waals surface area contributed by atoms with E-state index in [0.717, 1.165) is 0 Å². The lowest BCUT2D eigenvalue weighted by atomic mass is 10.2. The molecular formula is C20H15Br2FN2O4S. The smallest absolute Gasteiger partial charge is 0.341 e. The van der Waals surface area contributed by atoms with E-state index >= 15 is 0 Å². The molecule has 1 amide bonds. The molecule has 1 saturated heterocycles. The van der Waals surface area contributed by atoms with Gasteiger partial charge in [-0.05, 0) is 98.6 Å². The van der Waals surface area contributed by atoms with Crippen LogP contribution in [0.3, 0.4) is 0 Å². The van der Waals surface area contributed by atoms with E-state index in [1.807, 2.05) is 6.92 Å². The maximum absolute atomic E-state index is 13.1. The van der Waals surface area contributed by atoms with E-state index in [0.29, 0.717) is 42.6 Å². The Morgan fingerprint density at radius 2 is 1.90 bits per heavy atom. The number of amidine groups is 1. The first-order chi connectivity index (χ1) is 14.3. The number of ether oxygens (including phenoxy) is 1. The summed E-state index contributed by atoms with van der Waals surface area (Å²) in [5, 5.41) is 9.30. The van der Waals surface area contributed by atoms with Gasteiger partial charge < -0.3 is 9.84 Å². The van der Waals surface area contributed by atoms with Gasteiger partial charge in [0.2, 0.25) is 0 Å². The standard InChI is InChI=1S/C20H15Br2FN2O4S/c1-2-25-19(28)16(30-20(25)24-13-5-3-12(23)4-6-13)9-11-7-14(21)18(15(22)8-11)29-10-17(26)27/h3-9H,2,10H2,1H3,(H,26,27)/b16-9+,24-20?. The Bertz CT molecular complexity index is 1030. The molecule has 0 unspecified atom stereocenters. The molecule has 0 atom stereocenters. The van der Waals surface area contributed by atoms with E-state index in [1.54, 1.807) is 35.2 Å². The van der Waals surface area contributed by atoms with Gasteiger partial charge in [-0.1, -0.05) is 0 Å². The van der Waals surface area contributed by atoms with Crippen LogP contribution in [-0.2, 0) is 9.59 Å². The van der Waals surface area contributed by atoms with E-state index in [9.17, 15) is 14.0 Å². The van der Waals surface area contributed by atoms with Crippen LogP contribution in [-0.4, -0.2) is 40.2 Å². The number of aliphatic imine (C=N–C) groups is 1. The van der Waals surface area contributed by atoms with Crippen LogP contribution in [0.2, 0.25) is 0 Å². The zero-order chi connectivity index (χ0) is 21.8. The van der Waals surface area contributed by atoms with Gasteiger partial charge in [-0.3, -0.25) is 9.69 Å². The molecule has 1 aliphatic heterocycles. The molecule has 0 aromatic heterocycles. The van der Waals surface area contributed by atoms with Gasteiger partial charge in [0.15, 0.2) is 11.8 Å². The lowest BCUT2D eigenvalue weighted by Gasteiger charge is -2.12. The van der Waals surface area contributed by atoms with Crippen molar-refractivity contribution < 1.29 is 23.8 Å². The molecule has 1 aliphatic rings. The predicted octanol–water partition coefficient (Wildman–Crippen LogP) is 5.44. The number of likely N-dealkylation sites (N-methyl/N-ethyl adjacent to an activating group) is 1. The number of aliphatic carboxylic acids is 1. The van der Waals surface area contributed by atoms with E-state index in [2.05, 4.69) is 36.9 Å². The SMILES string of the molecule is CCN1C(=O)/C(=C\c2cc(Br)c(OCC(=O)O)c(Br)c2)SC1=Nc1ccc(F)cc1. The highest BCUT2D eigenvalue weighted by Crippen LogP contribution is 2.38. The largest absolute Gasteiger partial charge is 0.480 e. The molecule has 0 bridgehead atoms. The van der Waals surface area contributed by atoms with Crippen molar-refractivity contribution in [1.29, 1.82) is 0 Å². The maximum Gasteiger partial charge on any atom is 0.341 e. The minimum absolute atomic E-state index is 0.179. The summed E-state index contributed by atoms with van der Waals surface area (Å²) in [5.41, 5.74) is 1.27. The number of carboxylic acid groups (broad SMARTS) is 1. The second kappa shape index (κ2) is 9.76. The topological polar surface area (TPSA) is 79.2 Å². The number of benzene rings is 2. The maximum atomic E-state index is 13.1. The molecule has 6 nitrogen and oxygen atoms in total. The molecule has 0 radical (unpaired) electrons. The van der Waals surface area contributed by atoms with Gasteiger partial charge in [-0.15, -0.1) is 0 Å². The number of carboxylic acids is 1. The summed E-state index contributed by atoms with van der Waals surface area (Å²) in [6.45, 7) is 1.82. The molecule has 2 aromatic carbocycles. The monoisotopic (exact) mass is 556 g/mol. The van der Waals surface area contributed by atoms with Crippen LogP contribution < -0.4 is 4.74 Å². The van der Waals surface area contributed by atoms with Crippen LogP contribution in [0.1, 0.15) is 12.5 Å². The van der Waals surface area contributed by atoms with Gasteiger partial charge in [0.1, 0.15) is 11.6 Å². The quantitative estimate of drug-likeness (QED) is 0.479. The zero-order valence-corrected chi connectivity index (χ0v) is 19.6. The first kappa shape index (κ1) is 22.5. The van der Waals surface area contributed by atoms with Crippen LogP contribution in [0.4, 0.5) is 10.1 Å². The lowest BCUT2D eigenvalue weighted by Crippen LogP contribution is -2.28. The number of hydrogen-bond acceptors (Lipinski definition) is 5. The first-order valence-corrected chi connectivity index (χ1v) is 11.1. The van der Waals surface area contributed by atoms with Gasteiger partial charge in [-0.2, -0.15) is 0 Å². The van der Waals surface area contributed by atoms with Crippen LogP contribution in [0.5, 0.6) is 5.75 Å². The summed E-state index contributed by atoms with van der Waals surface area (Å²) in [5.74, 6) is -1.25. The summed E-state index contributed by atoms with van der Waals surface area (Å²) >= 11 is 7.96. The van der Waals surface area contributed by atoms with Gasteiger partial charge in [0.25, 0.3) is 5.91 Å². The van der Waals surface area contributed by atoms with Crippen LogP contribution >= 0.6 is 43.6 Å². The summed E-state index contributed by atoms with van der Waals surface area (Å²) in [6.07, 6.45) is 1.72. The minimum Gasteiger partial charge on any atom is -0.480 e. The number of nitrogens with zero attached hydrogens (tertiary/aromatic N) is 2. The Morgan fingerprint density at radius 3 is 2.47 bits per heavy atom. The molecule has 0 saturated carbocycles. The third-order valence-corrected chi connectivity index (χ3v) is 6.10. The Labute approximate surface area is 193 Å². The van der Waals surface area contributed by atoms with Gasteiger partial charge in [0, 0.05) is 6.54 Å². The van der Waals surface area contributed by atoms with Crippen molar-refractivity contribution in [1.82, 2.24) is 4.90 Å². The van der Waals surface area contributed by atoms with E-state index < -0.39 is 12.6 Å². The van der Waals surface area contributed by atoms with E-state index in [-0.39, 0.29) is 11.7 Å². The molecule has 3 rings (SSSR count). The highest BCUT2D eigenvalue weighted by Gasteiger charge is 2.32. The van der Waals surface area contributed by atoms with Crippen LogP contribution in [0.15, 0.2) is 55.2 Å². The molecular weight excluding hydrogens is 543 g/mol. The number of carbonyl (C=O) groups is 2. The van der Waals surface area contributed by atoms with E-state index in [1.165, 1.54) is 23.9 Å². The molecule has 156 valence electrons. The van der Waals surface area contributed by atoms with Crippen molar-refractivity contribution in [2.45, 2.75) is 6.92 Å². The number of hydrogen-bond donors (Lipinski definition) is 1. The third kappa shape index (κ3) is 5.30. The van der Waals surface area contributed by atoms with Crippen molar-refractivity contribution in [3.63, 3.8) is 0 Å². The molecule has 30 heavy (non-hydrogen) atoms. The molecule has 10 heteroatoms. The zero-order valence-electron chi connectivity index (χ0n) is 15.6. The Balaban J connectivity index is 1.89. The molecule has 1 heterocycles. The van der Waals surface area contributed by atoms with Gasteiger partial charge in [-0.25, -0.2) is 14.2 Å². The summed E-state index contributed by atoms with van der Waals surface area (Å²) in [4.78, 5) is 30.0. The average molecular weight is 558 g/mol. The normalized spacial score (nSPS) is 16.5. The molecule has 0 aliphatic carbocycles. The number of thioether (sulfide) groups is 1. The van der Waals surface area contributed by atoms with Gasteiger partial charge >= 0.3 is 5.97 Å². The van der Waals surface area contributed by atoms with Crippen molar-refractivity contribution in [3.05, 3.63) is 61.6 Å². The van der Waals surface area contributed by atoms with Crippen molar-refractivity contribution in [3.8, 4) is 5.75 Å². The average Bonchev–Trinajstić information content (AvgIpc) is 2.97. The lowest BCUT2D eigenvalue weighted by molar-refractivity contribution is -0.139. The Morgan fingerprint density at radius 1 is 1.27 bits per heavy atom. The van der Waals surface area contributed by atoms with Crippen molar-refractivity contribution in [2.24, 2.45) is 4.99 Å². The van der Waals surface area contributed by atoms with Crippen LogP contribution in [0.25, 0.3) is 6.08 Å². The fourth-order valence-corrected chi connectivity index (χ4v) is 5.10. The molecule has 0 spiro atoms. The van der Waals surface area contributed by atoms with Crippen molar-refractivity contribution in [2.75, 3.05) is 13.2 Å². The molecule has 2 aromatic rings. The van der Waals surface area contributed by atoms with Crippen molar-refractivity contribution >= 4 is 72.4 Å². The van der Waals surface area contributed by atoms with Crippen LogP contribution in [0, 0.1) is 5.82 Å². The fraction of sp³-hybridized carbons (Fsp3) is 0.150. The molecule has 1 fully saturated rings. The highest BCUT2D eigenvalue weighted by molar-refractivity contribution is 9.11. The third-order valence-electron chi connectivity index (χ3n) is 3.91. The summed E-state index contributed by atoms with van der Waals surface area (Å²) in [7, 11) is 0. The molecule has 1 N–H and O–H groups in total. The second-order valence-electron chi connectivity index (χ2n) is 6.03. The highest BCUT2D eigenvalue weighted by atomic mass is 79.9. The number of halogens is 3. The first-order valence-electron chi connectivity index (χ1n) is 8.67. The number of amides is 1. The summed E-state index contributed by atoms with van der Waals surface area (Å²) < 4.78 is 19.5. The summed E-state index contributed by atoms with van der Waals surface area (Å²) in [6, 6.07) is 9.19. The van der Waals surface area contributed by atoms with Gasteiger partial charge in [0.05, 0.1) is 19.5 Å². The number of carbonyl (C=O) groups excluding carboxylic acids is 1. The number of rotatable bonds is 6. The Kier molecular flexibility index (Phi) is 7.32. The minimum atomic E-state index is -1.08. The Hall–Kier alpha value is -2.17. The second-order valence-corrected chi connectivity index (χ2v) is 8.74.